The predicted octanol–water partition coefficient (Wildman–Crippen LogP) is 2.53. The van der Waals surface area contributed by atoms with Crippen LogP contribution in [0.4, 0.5) is 0 Å². The maximum Gasteiger partial charge on any atom is 0.0942 e. The van der Waals surface area contributed by atoms with Crippen LogP contribution in [-0.2, 0) is 0 Å². The van der Waals surface area contributed by atoms with Crippen LogP contribution in [0.15, 0.2) is 35.3 Å². The quantitative estimate of drug-likeness (QED) is 0.467. The van der Waals surface area contributed by atoms with Gasteiger partial charge in [0.25, 0.3) is 0 Å². The van der Waals surface area contributed by atoms with Crippen LogP contribution < -0.4 is 0 Å². The smallest absolute Gasteiger partial charge is 0.0942 e. The Morgan fingerprint density at radius 1 is 1.39 bits per heavy atom. The van der Waals surface area contributed by atoms with E-state index in [0.29, 0.717) is 6.54 Å². The highest BCUT2D eigenvalue weighted by molar-refractivity contribution is 7.78. The monoisotopic (exact) mass is 264 g/mol. The summed E-state index contributed by atoms with van der Waals surface area (Å²) in [6, 6.07) is 9.81. The number of isothiocyanates is 1. The molecule has 0 heterocycles. The second kappa shape index (κ2) is 8.11. The van der Waals surface area contributed by atoms with Crippen LogP contribution in [-0.4, -0.2) is 41.3 Å². The molecule has 0 aromatic heterocycles. The topological polar surface area (TPSA) is 35.8 Å². The van der Waals surface area contributed by atoms with Gasteiger partial charge in [-0.05, 0) is 38.2 Å². The molecule has 0 aliphatic rings. The predicted molar refractivity (Wildman–Crippen MR) is 78.0 cm³/mol. The summed E-state index contributed by atoms with van der Waals surface area (Å²) in [5.74, 6) is 0. The Bertz CT molecular complexity index is 390. The molecule has 18 heavy (non-hydrogen) atoms. The standard InChI is InChI=1S/C14H20N2OS/c1-12(16(2)10-6-9-15-11-18)14(17)13-7-4-3-5-8-13/h3-5,7-8,12,14,17H,6,9-10H2,1-2H3/t12-,14+/m0/s1. The molecule has 0 aliphatic carbocycles. The molecule has 4 heteroatoms. The molecule has 0 radical (unpaired) electrons. The number of rotatable bonds is 7. The lowest BCUT2D eigenvalue weighted by molar-refractivity contribution is 0.0724. The zero-order valence-corrected chi connectivity index (χ0v) is 11.7. The van der Waals surface area contributed by atoms with Crippen molar-refractivity contribution >= 4 is 17.4 Å². The van der Waals surface area contributed by atoms with Gasteiger partial charge in [0.1, 0.15) is 0 Å². The van der Waals surface area contributed by atoms with Crippen molar-refractivity contribution in [3.8, 4) is 0 Å². The molecule has 0 unspecified atom stereocenters. The van der Waals surface area contributed by atoms with E-state index in [1.807, 2.05) is 44.3 Å². The lowest BCUT2D eigenvalue weighted by Gasteiger charge is -2.28. The van der Waals surface area contributed by atoms with Crippen LogP contribution in [0.5, 0.6) is 0 Å². The maximum absolute atomic E-state index is 10.3. The van der Waals surface area contributed by atoms with Crippen LogP contribution in [0.25, 0.3) is 0 Å². The number of nitrogens with zero attached hydrogens (tertiary/aromatic N) is 2. The highest BCUT2D eigenvalue weighted by Crippen LogP contribution is 2.19. The van der Waals surface area contributed by atoms with Crippen molar-refractivity contribution in [3.63, 3.8) is 0 Å². The lowest BCUT2D eigenvalue weighted by Crippen LogP contribution is -2.35. The number of likely N-dealkylation sites (N-methyl/N-ethyl adjacent to an activating group) is 1. The molecule has 2 atom stereocenters. The Hall–Kier alpha value is -1.06. The van der Waals surface area contributed by atoms with Crippen LogP contribution in [0.1, 0.15) is 25.0 Å². The molecule has 3 nitrogen and oxygen atoms in total. The van der Waals surface area contributed by atoms with Crippen LogP contribution >= 0.6 is 12.2 Å². The van der Waals surface area contributed by atoms with E-state index in [1.165, 1.54) is 0 Å². The molecule has 0 amide bonds. The fraction of sp³-hybridized carbons (Fsp3) is 0.500. The minimum atomic E-state index is -0.467. The summed E-state index contributed by atoms with van der Waals surface area (Å²) in [4.78, 5) is 6.02. The Morgan fingerprint density at radius 3 is 2.67 bits per heavy atom. The van der Waals surface area contributed by atoms with Crippen molar-refractivity contribution in [2.24, 2.45) is 4.99 Å². The van der Waals surface area contributed by atoms with Gasteiger partial charge in [-0.2, -0.15) is 0 Å². The van der Waals surface area contributed by atoms with Gasteiger partial charge in [-0.3, -0.25) is 0 Å². The number of aliphatic hydroxyl groups excluding tert-OH is 1. The minimum Gasteiger partial charge on any atom is -0.387 e. The first kappa shape index (κ1) is 15.0. The molecule has 0 bridgehead atoms. The van der Waals surface area contributed by atoms with Crippen molar-refractivity contribution in [2.75, 3.05) is 20.1 Å². The Kier molecular flexibility index (Phi) is 6.76. The molecule has 0 aliphatic heterocycles. The Morgan fingerprint density at radius 2 is 2.06 bits per heavy atom. The normalized spacial score (nSPS) is 14.0. The molecule has 0 saturated heterocycles. The Labute approximate surface area is 114 Å². The van der Waals surface area contributed by atoms with E-state index in [2.05, 4.69) is 27.3 Å². The molecule has 0 spiro atoms. The number of hydrogen-bond donors (Lipinski definition) is 1. The fourth-order valence-electron chi connectivity index (χ4n) is 1.82. The maximum atomic E-state index is 10.3. The van der Waals surface area contributed by atoms with Crippen LogP contribution in [0.3, 0.4) is 0 Å². The second-order valence-corrected chi connectivity index (χ2v) is 4.59. The molecule has 1 N–H and O–H groups in total. The van der Waals surface area contributed by atoms with E-state index in [0.717, 1.165) is 18.5 Å². The largest absolute Gasteiger partial charge is 0.387 e. The summed E-state index contributed by atoms with van der Waals surface area (Å²) in [5.41, 5.74) is 0.953. The van der Waals surface area contributed by atoms with Crippen molar-refractivity contribution in [3.05, 3.63) is 35.9 Å². The van der Waals surface area contributed by atoms with Gasteiger partial charge < -0.3 is 10.0 Å². The van der Waals surface area contributed by atoms with E-state index < -0.39 is 6.10 Å². The summed E-state index contributed by atoms with van der Waals surface area (Å²) in [6.45, 7) is 3.60. The SMILES string of the molecule is C[C@@H]([C@@H](O)c1ccccc1)N(C)CCCN=C=S. The third-order valence-electron chi connectivity index (χ3n) is 3.14. The van der Waals surface area contributed by atoms with E-state index in [4.69, 9.17) is 0 Å². The van der Waals surface area contributed by atoms with Crippen molar-refractivity contribution in [1.82, 2.24) is 4.90 Å². The van der Waals surface area contributed by atoms with Gasteiger partial charge in [0.2, 0.25) is 0 Å². The van der Waals surface area contributed by atoms with E-state index >= 15 is 0 Å². The molecule has 0 fully saturated rings. The first-order valence-corrected chi connectivity index (χ1v) is 6.54. The van der Waals surface area contributed by atoms with Gasteiger partial charge in [0.05, 0.1) is 17.8 Å². The third kappa shape index (κ3) is 4.67. The summed E-state index contributed by atoms with van der Waals surface area (Å²) in [7, 11) is 2.01. The Balaban J connectivity index is 2.47. The zero-order valence-electron chi connectivity index (χ0n) is 10.9. The fourth-order valence-corrected chi connectivity index (χ4v) is 1.91. The number of hydrogen-bond acceptors (Lipinski definition) is 4. The summed E-state index contributed by atoms with van der Waals surface area (Å²) >= 11 is 4.52. The molecular weight excluding hydrogens is 244 g/mol. The number of thiocarbonyl (C=S) groups is 1. The van der Waals surface area contributed by atoms with Crippen LogP contribution in [0.2, 0.25) is 0 Å². The molecule has 1 aromatic carbocycles. The highest BCUT2D eigenvalue weighted by atomic mass is 32.1. The van der Waals surface area contributed by atoms with E-state index in [-0.39, 0.29) is 6.04 Å². The summed E-state index contributed by atoms with van der Waals surface area (Å²) < 4.78 is 0. The van der Waals surface area contributed by atoms with Gasteiger partial charge in [0.15, 0.2) is 0 Å². The highest BCUT2D eigenvalue weighted by Gasteiger charge is 2.19. The molecule has 1 aromatic rings. The average Bonchev–Trinajstić information content (AvgIpc) is 2.42. The van der Waals surface area contributed by atoms with E-state index in [1.54, 1.807) is 0 Å². The van der Waals surface area contributed by atoms with Crippen molar-refractivity contribution in [2.45, 2.75) is 25.5 Å². The van der Waals surface area contributed by atoms with Gasteiger partial charge >= 0.3 is 0 Å². The number of benzene rings is 1. The van der Waals surface area contributed by atoms with Crippen molar-refractivity contribution < 1.29 is 5.11 Å². The summed E-state index contributed by atoms with van der Waals surface area (Å²) in [6.07, 6.45) is 0.455. The molecule has 98 valence electrons. The molecule has 1 rings (SSSR count). The molecule has 0 saturated carbocycles. The second-order valence-electron chi connectivity index (χ2n) is 4.40. The first-order valence-electron chi connectivity index (χ1n) is 6.13. The number of aliphatic hydroxyl groups is 1. The lowest BCUT2D eigenvalue weighted by atomic mass is 10.0. The van der Waals surface area contributed by atoms with Crippen LogP contribution in [0, 0.1) is 0 Å². The molecular formula is C14H20N2OS. The average molecular weight is 264 g/mol. The summed E-state index contributed by atoms with van der Waals surface area (Å²) in [5, 5.41) is 12.6. The van der Waals surface area contributed by atoms with Gasteiger partial charge in [-0.1, -0.05) is 30.3 Å². The zero-order chi connectivity index (χ0) is 13.4. The van der Waals surface area contributed by atoms with Crippen molar-refractivity contribution in [1.29, 1.82) is 0 Å². The number of aliphatic imine (C=N–C) groups is 1. The van der Waals surface area contributed by atoms with Gasteiger partial charge in [-0.15, -0.1) is 0 Å². The first-order chi connectivity index (χ1) is 8.66. The minimum absolute atomic E-state index is 0.0730. The van der Waals surface area contributed by atoms with Gasteiger partial charge in [0, 0.05) is 12.6 Å². The van der Waals surface area contributed by atoms with Gasteiger partial charge in [-0.25, -0.2) is 4.99 Å². The third-order valence-corrected chi connectivity index (χ3v) is 3.27. The van der Waals surface area contributed by atoms with E-state index in [9.17, 15) is 5.11 Å².